The molecule has 2 saturated heterocycles. The van der Waals surface area contributed by atoms with E-state index in [1.807, 2.05) is 0 Å². The van der Waals surface area contributed by atoms with E-state index in [1.165, 1.54) is 34.6 Å². The van der Waals surface area contributed by atoms with E-state index in [2.05, 4.69) is 36.4 Å². The highest BCUT2D eigenvalue weighted by Crippen LogP contribution is 2.45. The number of thioether (sulfide) groups is 2. The van der Waals surface area contributed by atoms with Gasteiger partial charge in [-0.3, -0.25) is 14.4 Å². The Labute approximate surface area is 199 Å². The van der Waals surface area contributed by atoms with Crippen LogP contribution in [0.2, 0.25) is 0 Å². The van der Waals surface area contributed by atoms with E-state index in [9.17, 15) is 24.3 Å². The lowest BCUT2D eigenvalue weighted by atomic mass is 9.89. The van der Waals surface area contributed by atoms with Crippen LogP contribution < -0.4 is 16.1 Å². The van der Waals surface area contributed by atoms with Crippen molar-refractivity contribution in [2.45, 2.75) is 30.0 Å². The molecule has 0 saturated carbocycles. The zero-order valence-corrected chi connectivity index (χ0v) is 19.3. The molecule has 17 nitrogen and oxygen atoms in total. The number of nitrogens with two attached hydrogens (primary N) is 1. The number of urea groups is 1. The number of aromatic nitrogens is 8. The minimum Gasteiger partial charge on any atom is -0.481 e. The molecule has 4 heterocycles. The number of nitrogens with zero attached hydrogens (tertiary/aromatic N) is 10. The summed E-state index contributed by atoms with van der Waals surface area (Å²) in [5.74, 6) is -1.56. The predicted octanol–water partition coefficient (Wildman–Crippen LogP) is -3.04. The fraction of sp³-hybridized carbons (Fsp3) is 0.600. The Kier molecular flexibility index (Phi) is 6.55. The number of hydrogen-bond donors (Lipinski definition) is 3. The first-order valence-electron chi connectivity index (χ1n) is 9.84. The van der Waals surface area contributed by atoms with Gasteiger partial charge in [0.1, 0.15) is 10.8 Å². The summed E-state index contributed by atoms with van der Waals surface area (Å²) in [5, 5.41) is 35.6. The second-order valence-electron chi connectivity index (χ2n) is 7.56. The summed E-state index contributed by atoms with van der Waals surface area (Å²) in [5.41, 5.74) is 3.78. The monoisotopic (exact) mass is 512 g/mol. The molecule has 2 unspecified atom stereocenters. The predicted molar refractivity (Wildman–Crippen MR) is 115 cm³/mol. The van der Waals surface area contributed by atoms with Crippen LogP contribution in [-0.4, -0.2) is 110 Å². The fourth-order valence-electron chi connectivity index (χ4n) is 3.63. The summed E-state index contributed by atoms with van der Waals surface area (Å²) in [7, 11) is 0. The van der Waals surface area contributed by atoms with Crippen molar-refractivity contribution in [3.63, 3.8) is 0 Å². The Morgan fingerprint density at radius 2 is 2.18 bits per heavy atom. The number of nitrogens with one attached hydrogen (secondary N) is 1. The first kappa shape index (κ1) is 23.7. The molecule has 4 N–H and O–H groups in total. The van der Waals surface area contributed by atoms with Crippen molar-refractivity contribution in [2.24, 2.45) is 11.1 Å². The van der Waals surface area contributed by atoms with Crippen LogP contribution in [0.1, 0.15) is 6.92 Å². The van der Waals surface area contributed by atoms with Crippen LogP contribution in [0.25, 0.3) is 0 Å². The Bertz CT molecular complexity index is 1100. The molecule has 4 amide bonds. The van der Waals surface area contributed by atoms with Crippen molar-refractivity contribution >= 4 is 47.3 Å². The molecule has 4 rings (SSSR count). The van der Waals surface area contributed by atoms with Gasteiger partial charge >= 0.3 is 12.0 Å². The van der Waals surface area contributed by atoms with Gasteiger partial charge in [0, 0.05) is 31.5 Å². The summed E-state index contributed by atoms with van der Waals surface area (Å²) in [6, 6.07) is -1.52. The van der Waals surface area contributed by atoms with Gasteiger partial charge in [0.15, 0.2) is 12.4 Å². The van der Waals surface area contributed by atoms with Crippen LogP contribution in [0.15, 0.2) is 11.5 Å². The van der Waals surface area contributed by atoms with Gasteiger partial charge in [-0.25, -0.2) is 14.5 Å². The van der Waals surface area contributed by atoms with Crippen LogP contribution in [0, 0.1) is 5.41 Å². The Balaban J connectivity index is 1.44. The highest BCUT2D eigenvalue weighted by Gasteiger charge is 2.60. The topological polar surface area (TPSA) is 220 Å². The highest BCUT2D eigenvalue weighted by atomic mass is 32.2. The molecule has 2 fully saturated rings. The number of carbonyl (C=O) groups excluding carboxylic acids is 3. The van der Waals surface area contributed by atoms with Gasteiger partial charge in [-0.1, -0.05) is 11.8 Å². The first-order chi connectivity index (χ1) is 16.2. The lowest BCUT2D eigenvalue weighted by molar-refractivity contribution is -0.157. The van der Waals surface area contributed by atoms with Gasteiger partial charge < -0.3 is 21.1 Å². The molecule has 2 aliphatic rings. The number of hydrogen-bond acceptors (Lipinski definition) is 12. The standard InChI is InChI=1S/C15H20N12O5S2/c1-8(28)27(26-7-18-20-23-26)9-10(29)24-4-15(12(30)31,5-33-11(9)24)6-34-14-19-21-22-25(14)3-2-17-13(16)32/h7,9,11H,2-6H2,1H3,(H,30,31)(H3,16,17,32)/t9?,11-,15?/m1/s1. The van der Waals surface area contributed by atoms with Gasteiger partial charge in [-0.2, -0.15) is 0 Å². The molecular formula is C15H20N12O5S2. The van der Waals surface area contributed by atoms with Crippen molar-refractivity contribution in [3.05, 3.63) is 6.33 Å². The molecule has 0 radical (unpaired) electrons. The Morgan fingerprint density at radius 3 is 2.82 bits per heavy atom. The maximum Gasteiger partial charge on any atom is 0.313 e. The van der Waals surface area contributed by atoms with Gasteiger partial charge in [0.25, 0.3) is 5.91 Å². The van der Waals surface area contributed by atoms with Crippen molar-refractivity contribution in [2.75, 3.05) is 29.6 Å². The molecule has 2 aliphatic heterocycles. The van der Waals surface area contributed by atoms with E-state index < -0.39 is 34.7 Å². The molecule has 182 valence electrons. The third-order valence-corrected chi connectivity index (χ3v) is 8.14. The third-order valence-electron chi connectivity index (χ3n) is 5.31. The van der Waals surface area contributed by atoms with Crippen molar-refractivity contribution < 1.29 is 24.3 Å². The number of β-lactam (4-membered cyclic amide) rings is 1. The maximum absolute atomic E-state index is 13.0. The summed E-state index contributed by atoms with van der Waals surface area (Å²) >= 11 is 2.42. The molecule has 0 bridgehead atoms. The fourth-order valence-corrected chi connectivity index (χ4v) is 6.43. The van der Waals surface area contributed by atoms with Gasteiger partial charge in [-0.15, -0.1) is 26.8 Å². The number of carbonyl (C=O) groups is 4. The molecule has 2 aromatic heterocycles. The van der Waals surface area contributed by atoms with Crippen LogP contribution in [0.4, 0.5) is 4.79 Å². The Hall–Kier alpha value is -3.48. The largest absolute Gasteiger partial charge is 0.481 e. The lowest BCUT2D eigenvalue weighted by Gasteiger charge is -2.55. The smallest absolute Gasteiger partial charge is 0.313 e. The molecule has 0 aliphatic carbocycles. The van der Waals surface area contributed by atoms with Crippen molar-refractivity contribution in [3.8, 4) is 0 Å². The number of carboxylic acids is 1. The van der Waals surface area contributed by atoms with E-state index in [0.717, 1.165) is 21.6 Å². The molecule has 2 aromatic rings. The molecule has 0 spiro atoms. The van der Waals surface area contributed by atoms with E-state index in [4.69, 9.17) is 5.73 Å². The summed E-state index contributed by atoms with van der Waals surface area (Å²) in [6.07, 6.45) is 1.21. The third kappa shape index (κ3) is 4.34. The number of aliphatic carboxylic acids is 1. The van der Waals surface area contributed by atoms with Gasteiger partial charge in [0.05, 0.1) is 6.54 Å². The van der Waals surface area contributed by atoms with Gasteiger partial charge in [0.2, 0.25) is 11.1 Å². The molecule has 19 heteroatoms. The average Bonchev–Trinajstić information content (AvgIpc) is 3.47. The molecule has 0 aromatic carbocycles. The van der Waals surface area contributed by atoms with E-state index in [-0.39, 0.29) is 37.0 Å². The minimum absolute atomic E-state index is 0.0333. The number of fused-ring (bicyclic) bond motifs is 1. The van der Waals surface area contributed by atoms with Gasteiger partial charge in [-0.05, 0) is 20.9 Å². The van der Waals surface area contributed by atoms with Crippen LogP contribution in [0.3, 0.4) is 0 Å². The number of amides is 4. The number of rotatable bonds is 9. The van der Waals surface area contributed by atoms with Crippen LogP contribution in [-0.2, 0) is 20.9 Å². The zero-order valence-electron chi connectivity index (χ0n) is 17.7. The highest BCUT2D eigenvalue weighted by molar-refractivity contribution is 8.00. The summed E-state index contributed by atoms with van der Waals surface area (Å²) in [4.78, 5) is 50.8. The van der Waals surface area contributed by atoms with Crippen LogP contribution >= 0.6 is 23.5 Å². The zero-order chi connectivity index (χ0) is 24.5. The normalized spacial score (nSPS) is 23.7. The maximum atomic E-state index is 13.0. The molecule has 3 atom stereocenters. The summed E-state index contributed by atoms with van der Waals surface area (Å²) < 4.78 is 1.43. The van der Waals surface area contributed by atoms with E-state index >= 15 is 0 Å². The first-order valence-corrected chi connectivity index (χ1v) is 11.9. The number of tetrazole rings is 2. The molecular weight excluding hydrogens is 492 g/mol. The van der Waals surface area contributed by atoms with Crippen molar-refractivity contribution in [1.29, 1.82) is 0 Å². The Morgan fingerprint density at radius 1 is 1.38 bits per heavy atom. The second-order valence-corrected chi connectivity index (χ2v) is 9.60. The van der Waals surface area contributed by atoms with E-state index in [1.54, 1.807) is 0 Å². The average molecular weight is 513 g/mol. The lowest BCUT2D eigenvalue weighted by Crippen LogP contribution is -2.76. The number of carboxylic acid groups (broad SMARTS) is 1. The SMILES string of the molecule is CC(=O)N(C1C(=O)N2CC(CSc3nnnn3CCNC(N)=O)(C(=O)O)CS[C@H]12)n1cnnn1. The van der Waals surface area contributed by atoms with Crippen LogP contribution in [0.5, 0.6) is 0 Å². The molecule has 34 heavy (non-hydrogen) atoms. The second kappa shape index (κ2) is 9.41. The summed E-state index contributed by atoms with van der Waals surface area (Å²) in [6.45, 7) is 1.72. The number of primary amides is 1. The van der Waals surface area contributed by atoms with Crippen molar-refractivity contribution in [1.82, 2.24) is 50.7 Å². The van der Waals surface area contributed by atoms with E-state index in [0.29, 0.717) is 5.16 Å². The minimum atomic E-state index is -1.26. The quantitative estimate of drug-likeness (QED) is 0.225.